The fourth-order valence-electron chi connectivity index (χ4n) is 1.80. The second-order valence-corrected chi connectivity index (χ2v) is 4.44. The smallest absolute Gasteiger partial charge is 0.191 e. The Labute approximate surface area is 116 Å². The predicted molar refractivity (Wildman–Crippen MR) is 80.5 cm³/mol. The van der Waals surface area contributed by atoms with Crippen molar-refractivity contribution in [2.75, 3.05) is 40.3 Å². The normalized spacial score (nSPS) is 17.4. The third kappa shape index (κ3) is 6.52. The monoisotopic (exact) mass is 340 g/mol. The Morgan fingerprint density at radius 1 is 1.25 bits per heavy atom. The van der Waals surface area contributed by atoms with E-state index in [1.165, 1.54) is 19.3 Å². The van der Waals surface area contributed by atoms with Gasteiger partial charge in [-0.2, -0.15) is 0 Å². The number of aliphatic imine (C=N–C) groups is 1. The molecule has 0 unspecified atom stereocenters. The van der Waals surface area contributed by atoms with Crippen LogP contribution in [0, 0.1) is 0 Å². The average Bonchev–Trinajstić information content (AvgIpc) is 2.25. The van der Waals surface area contributed by atoms with E-state index < -0.39 is 0 Å². The van der Waals surface area contributed by atoms with Crippen LogP contribution in [0.25, 0.3) is 0 Å². The van der Waals surface area contributed by atoms with Crippen molar-refractivity contribution in [3.05, 3.63) is 0 Å². The highest BCUT2D eigenvalue weighted by Crippen LogP contribution is 2.07. The average molecular weight is 340 g/mol. The van der Waals surface area contributed by atoms with E-state index in [1.807, 2.05) is 0 Å². The zero-order valence-corrected chi connectivity index (χ0v) is 12.8. The van der Waals surface area contributed by atoms with Gasteiger partial charge in [0.1, 0.15) is 0 Å². The lowest BCUT2D eigenvalue weighted by Gasteiger charge is -2.27. The molecule has 0 aromatic heterocycles. The molecule has 4 nitrogen and oxygen atoms in total. The van der Waals surface area contributed by atoms with Gasteiger partial charge < -0.3 is 15.5 Å². The standard InChI is InChI=1S/C11H24N4.HI/c1-14(2)8-6-7-13-11(12)15-9-4-3-5-10-15;/h3-10H2,1-2H3,(H2,12,13);1H. The van der Waals surface area contributed by atoms with Crippen LogP contribution in [0.4, 0.5) is 0 Å². The topological polar surface area (TPSA) is 44.9 Å². The van der Waals surface area contributed by atoms with Crippen molar-refractivity contribution in [3.8, 4) is 0 Å². The van der Waals surface area contributed by atoms with Crippen LogP contribution in [-0.2, 0) is 0 Å². The van der Waals surface area contributed by atoms with Gasteiger partial charge in [-0.1, -0.05) is 0 Å². The maximum Gasteiger partial charge on any atom is 0.191 e. The minimum absolute atomic E-state index is 0. The molecule has 5 heteroatoms. The van der Waals surface area contributed by atoms with Gasteiger partial charge in [0, 0.05) is 19.6 Å². The molecule has 1 aliphatic rings. The Hall–Kier alpha value is -0.0400. The Morgan fingerprint density at radius 3 is 2.44 bits per heavy atom. The van der Waals surface area contributed by atoms with Crippen molar-refractivity contribution in [1.29, 1.82) is 0 Å². The number of rotatable bonds is 4. The van der Waals surface area contributed by atoms with Crippen LogP contribution < -0.4 is 5.73 Å². The molecule has 0 aromatic rings. The summed E-state index contributed by atoms with van der Waals surface area (Å²) in [5, 5.41) is 0. The Bertz CT molecular complexity index is 200. The molecule has 0 spiro atoms. The predicted octanol–water partition coefficient (Wildman–Crippen LogP) is 1.36. The first kappa shape index (κ1) is 16.0. The highest BCUT2D eigenvalue weighted by molar-refractivity contribution is 14.0. The van der Waals surface area contributed by atoms with Gasteiger partial charge >= 0.3 is 0 Å². The third-order valence-corrected chi connectivity index (χ3v) is 2.72. The Balaban J connectivity index is 0.00000225. The second kappa shape index (κ2) is 9.04. The molecule has 0 radical (unpaired) electrons. The van der Waals surface area contributed by atoms with E-state index in [0.29, 0.717) is 0 Å². The number of nitrogens with zero attached hydrogens (tertiary/aromatic N) is 3. The van der Waals surface area contributed by atoms with Gasteiger partial charge in [-0.15, -0.1) is 24.0 Å². The fourth-order valence-corrected chi connectivity index (χ4v) is 1.80. The Kier molecular flexibility index (Phi) is 9.02. The first-order valence-corrected chi connectivity index (χ1v) is 5.90. The van der Waals surface area contributed by atoms with Crippen LogP contribution in [0.15, 0.2) is 4.99 Å². The largest absolute Gasteiger partial charge is 0.370 e. The minimum Gasteiger partial charge on any atom is -0.370 e. The molecule has 2 N–H and O–H groups in total. The summed E-state index contributed by atoms with van der Waals surface area (Å²) in [6.45, 7) is 4.10. The third-order valence-electron chi connectivity index (χ3n) is 2.72. The van der Waals surface area contributed by atoms with Crippen LogP contribution in [0.3, 0.4) is 0 Å². The van der Waals surface area contributed by atoms with Gasteiger partial charge in [0.05, 0.1) is 0 Å². The van der Waals surface area contributed by atoms with Crippen molar-refractivity contribution >= 4 is 29.9 Å². The van der Waals surface area contributed by atoms with Crippen molar-refractivity contribution < 1.29 is 0 Å². The second-order valence-electron chi connectivity index (χ2n) is 4.44. The molecule has 0 bridgehead atoms. The van der Waals surface area contributed by atoms with Gasteiger partial charge in [-0.25, -0.2) is 0 Å². The molecule has 1 aliphatic heterocycles. The molecule has 0 atom stereocenters. The quantitative estimate of drug-likeness (QED) is 0.364. The summed E-state index contributed by atoms with van der Waals surface area (Å²) in [6.07, 6.45) is 4.94. The molecular formula is C11H25IN4. The number of hydrogen-bond acceptors (Lipinski definition) is 2. The van der Waals surface area contributed by atoms with E-state index in [0.717, 1.165) is 38.6 Å². The van der Waals surface area contributed by atoms with E-state index in [9.17, 15) is 0 Å². The van der Waals surface area contributed by atoms with Gasteiger partial charge in [-0.05, 0) is 46.3 Å². The lowest BCUT2D eigenvalue weighted by Crippen LogP contribution is -2.41. The summed E-state index contributed by atoms with van der Waals surface area (Å²) in [5.41, 5.74) is 5.93. The number of hydrogen-bond donors (Lipinski definition) is 1. The molecule has 0 saturated carbocycles. The van der Waals surface area contributed by atoms with Crippen LogP contribution >= 0.6 is 24.0 Å². The molecule has 96 valence electrons. The van der Waals surface area contributed by atoms with Crippen LogP contribution in [0.2, 0.25) is 0 Å². The molecule has 0 amide bonds. The van der Waals surface area contributed by atoms with Crippen molar-refractivity contribution in [3.63, 3.8) is 0 Å². The number of nitrogens with two attached hydrogens (primary N) is 1. The molecule has 0 aromatic carbocycles. The lowest BCUT2D eigenvalue weighted by atomic mass is 10.1. The highest BCUT2D eigenvalue weighted by Gasteiger charge is 2.11. The van der Waals surface area contributed by atoms with Crippen molar-refractivity contribution in [2.24, 2.45) is 10.7 Å². The summed E-state index contributed by atoms with van der Waals surface area (Å²) < 4.78 is 0. The van der Waals surface area contributed by atoms with E-state index >= 15 is 0 Å². The van der Waals surface area contributed by atoms with E-state index in [1.54, 1.807) is 0 Å². The summed E-state index contributed by atoms with van der Waals surface area (Å²) in [4.78, 5) is 8.79. The number of piperidine rings is 1. The lowest BCUT2D eigenvalue weighted by molar-refractivity contribution is 0.337. The van der Waals surface area contributed by atoms with Gasteiger partial charge in [0.15, 0.2) is 5.96 Å². The van der Waals surface area contributed by atoms with Crippen LogP contribution in [0.5, 0.6) is 0 Å². The summed E-state index contributed by atoms with van der Waals surface area (Å²) in [7, 11) is 4.16. The molecule has 1 saturated heterocycles. The van der Waals surface area contributed by atoms with Gasteiger partial charge in [0.2, 0.25) is 0 Å². The molecule has 1 rings (SSSR count). The van der Waals surface area contributed by atoms with Gasteiger partial charge in [0.25, 0.3) is 0 Å². The first-order valence-electron chi connectivity index (χ1n) is 5.90. The zero-order valence-electron chi connectivity index (χ0n) is 10.5. The first-order chi connectivity index (χ1) is 7.20. The fraction of sp³-hybridized carbons (Fsp3) is 0.909. The molecule has 16 heavy (non-hydrogen) atoms. The van der Waals surface area contributed by atoms with Crippen LogP contribution in [-0.4, -0.2) is 56.0 Å². The maximum atomic E-state index is 5.93. The maximum absolute atomic E-state index is 5.93. The molecule has 1 fully saturated rings. The summed E-state index contributed by atoms with van der Waals surface area (Å²) in [5.74, 6) is 0.744. The highest BCUT2D eigenvalue weighted by atomic mass is 127. The van der Waals surface area contributed by atoms with Crippen LogP contribution in [0.1, 0.15) is 25.7 Å². The van der Waals surface area contributed by atoms with Gasteiger partial charge in [-0.3, -0.25) is 4.99 Å². The molecule has 1 heterocycles. The number of guanidine groups is 1. The summed E-state index contributed by atoms with van der Waals surface area (Å²) in [6, 6.07) is 0. The zero-order chi connectivity index (χ0) is 11.1. The van der Waals surface area contributed by atoms with E-state index in [2.05, 4.69) is 28.9 Å². The van der Waals surface area contributed by atoms with Crippen molar-refractivity contribution in [1.82, 2.24) is 9.80 Å². The summed E-state index contributed by atoms with van der Waals surface area (Å²) >= 11 is 0. The minimum atomic E-state index is 0. The SMILES string of the molecule is CN(C)CCCN=C(N)N1CCCCC1.I. The van der Waals surface area contributed by atoms with E-state index in [4.69, 9.17) is 5.73 Å². The molecular weight excluding hydrogens is 315 g/mol. The molecule has 0 aliphatic carbocycles. The Morgan fingerprint density at radius 2 is 1.88 bits per heavy atom. The van der Waals surface area contributed by atoms with E-state index in [-0.39, 0.29) is 24.0 Å². The number of halogens is 1. The number of likely N-dealkylation sites (tertiary alicyclic amines) is 1. The van der Waals surface area contributed by atoms with Crippen molar-refractivity contribution in [2.45, 2.75) is 25.7 Å².